The lowest BCUT2D eigenvalue weighted by molar-refractivity contribution is 0.0696. The van der Waals surface area contributed by atoms with E-state index >= 15 is 0 Å². The Morgan fingerprint density at radius 3 is 2.41 bits per heavy atom. The Bertz CT molecular complexity index is 855. The van der Waals surface area contributed by atoms with Crippen LogP contribution < -0.4 is 5.32 Å². The lowest BCUT2D eigenvalue weighted by Crippen LogP contribution is -2.13. The smallest absolute Gasteiger partial charge is 0.335 e. The number of aromatic carboxylic acids is 1. The van der Waals surface area contributed by atoms with Crippen LogP contribution >= 0.6 is 0 Å². The number of carbonyl (C=O) groups excluding carboxylic acids is 1. The molecule has 3 rings (SSSR count). The summed E-state index contributed by atoms with van der Waals surface area (Å²) in [4.78, 5) is 31.5. The zero-order chi connectivity index (χ0) is 15.5. The van der Waals surface area contributed by atoms with Gasteiger partial charge in [0.25, 0.3) is 5.91 Å². The summed E-state index contributed by atoms with van der Waals surface area (Å²) in [5, 5.41) is 11.6. The topological polar surface area (TPSA) is 92.2 Å². The minimum Gasteiger partial charge on any atom is -0.478 e. The van der Waals surface area contributed by atoms with Gasteiger partial charge < -0.3 is 10.4 Å². The first-order valence-electron chi connectivity index (χ1n) is 6.49. The van der Waals surface area contributed by atoms with Crippen LogP contribution in [0.2, 0.25) is 0 Å². The van der Waals surface area contributed by atoms with Crippen LogP contribution in [0.1, 0.15) is 20.7 Å². The number of carbonyl (C=O) groups is 2. The number of hydrogen-bond donors (Lipinski definition) is 2. The van der Waals surface area contributed by atoms with Crippen molar-refractivity contribution in [3.8, 4) is 0 Å². The highest BCUT2D eigenvalue weighted by atomic mass is 16.4. The van der Waals surface area contributed by atoms with Gasteiger partial charge in [-0.1, -0.05) is 6.07 Å². The van der Waals surface area contributed by atoms with Gasteiger partial charge >= 0.3 is 5.97 Å². The number of anilines is 1. The van der Waals surface area contributed by atoms with Crippen molar-refractivity contribution in [2.45, 2.75) is 0 Å². The standard InChI is InChI=1S/C16H11N3O3/c20-15(19-11-6-4-10(5-7-11)16(21)22)12-2-1-3-13-14(12)18-9-8-17-13/h1-9H,(H,19,20)(H,21,22). The molecule has 22 heavy (non-hydrogen) atoms. The Morgan fingerprint density at radius 1 is 0.955 bits per heavy atom. The second-order valence-corrected chi connectivity index (χ2v) is 4.57. The van der Waals surface area contributed by atoms with Crippen molar-refractivity contribution in [3.05, 3.63) is 66.0 Å². The fraction of sp³-hybridized carbons (Fsp3) is 0. The molecular formula is C16H11N3O3. The van der Waals surface area contributed by atoms with Crippen molar-refractivity contribution in [1.82, 2.24) is 9.97 Å². The lowest BCUT2D eigenvalue weighted by Gasteiger charge is -2.07. The van der Waals surface area contributed by atoms with Crippen LogP contribution in [0.4, 0.5) is 5.69 Å². The molecule has 3 aromatic rings. The third kappa shape index (κ3) is 2.62. The average Bonchev–Trinajstić information content (AvgIpc) is 2.54. The number of carboxylic acids is 1. The minimum atomic E-state index is -1.01. The fourth-order valence-electron chi connectivity index (χ4n) is 2.07. The summed E-state index contributed by atoms with van der Waals surface area (Å²) in [6.07, 6.45) is 3.09. The number of hydrogen-bond acceptors (Lipinski definition) is 4. The molecule has 0 aliphatic carbocycles. The highest BCUT2D eigenvalue weighted by Gasteiger charge is 2.12. The molecule has 0 spiro atoms. The molecule has 6 heteroatoms. The number of amides is 1. The number of para-hydroxylation sites is 1. The van der Waals surface area contributed by atoms with Gasteiger partial charge in [-0.05, 0) is 36.4 Å². The lowest BCUT2D eigenvalue weighted by atomic mass is 10.1. The molecule has 2 N–H and O–H groups in total. The summed E-state index contributed by atoms with van der Waals surface area (Å²) >= 11 is 0. The van der Waals surface area contributed by atoms with Gasteiger partial charge in [0, 0.05) is 18.1 Å². The molecule has 108 valence electrons. The van der Waals surface area contributed by atoms with Gasteiger partial charge in [0.2, 0.25) is 0 Å². The highest BCUT2D eigenvalue weighted by molar-refractivity contribution is 6.11. The van der Waals surface area contributed by atoms with Crippen molar-refractivity contribution in [2.75, 3.05) is 5.32 Å². The molecule has 0 saturated heterocycles. The molecular weight excluding hydrogens is 282 g/mol. The minimum absolute atomic E-state index is 0.161. The molecule has 0 unspecified atom stereocenters. The molecule has 0 bridgehead atoms. The van der Waals surface area contributed by atoms with Crippen molar-refractivity contribution in [2.24, 2.45) is 0 Å². The molecule has 0 saturated carbocycles. The fourth-order valence-corrected chi connectivity index (χ4v) is 2.07. The first-order valence-corrected chi connectivity index (χ1v) is 6.49. The maximum absolute atomic E-state index is 12.4. The van der Waals surface area contributed by atoms with E-state index in [0.29, 0.717) is 22.3 Å². The second-order valence-electron chi connectivity index (χ2n) is 4.57. The quantitative estimate of drug-likeness (QED) is 0.774. The maximum atomic E-state index is 12.4. The highest BCUT2D eigenvalue weighted by Crippen LogP contribution is 2.16. The monoisotopic (exact) mass is 293 g/mol. The normalized spacial score (nSPS) is 10.4. The van der Waals surface area contributed by atoms with Gasteiger partial charge in [0.1, 0.15) is 5.52 Å². The van der Waals surface area contributed by atoms with Gasteiger partial charge in [0.05, 0.1) is 16.6 Å². The first-order chi connectivity index (χ1) is 10.6. The van der Waals surface area contributed by atoms with E-state index in [1.807, 2.05) is 0 Å². The number of nitrogens with zero attached hydrogens (tertiary/aromatic N) is 2. The summed E-state index contributed by atoms with van der Waals surface area (Å²) in [7, 11) is 0. The first kappa shape index (κ1) is 13.7. The average molecular weight is 293 g/mol. The number of nitrogens with one attached hydrogen (secondary N) is 1. The molecule has 1 heterocycles. The molecule has 0 radical (unpaired) electrons. The van der Waals surface area contributed by atoms with Crippen LogP contribution in [0.25, 0.3) is 11.0 Å². The molecule has 1 amide bonds. The Labute approximate surface area is 125 Å². The van der Waals surface area contributed by atoms with E-state index in [-0.39, 0.29) is 11.5 Å². The molecule has 0 aliphatic heterocycles. The number of rotatable bonds is 3. The van der Waals surface area contributed by atoms with Crippen molar-refractivity contribution in [3.63, 3.8) is 0 Å². The van der Waals surface area contributed by atoms with Crippen molar-refractivity contribution >= 4 is 28.6 Å². The molecule has 0 fully saturated rings. The van der Waals surface area contributed by atoms with Crippen LogP contribution in [0.15, 0.2) is 54.9 Å². The summed E-state index contributed by atoms with van der Waals surface area (Å²) in [6.45, 7) is 0. The van der Waals surface area contributed by atoms with E-state index in [9.17, 15) is 9.59 Å². The van der Waals surface area contributed by atoms with Gasteiger partial charge in [-0.15, -0.1) is 0 Å². The predicted octanol–water partition coefficient (Wildman–Crippen LogP) is 2.58. The molecule has 0 atom stereocenters. The number of carboxylic acid groups (broad SMARTS) is 1. The van der Waals surface area contributed by atoms with E-state index in [2.05, 4.69) is 15.3 Å². The van der Waals surface area contributed by atoms with E-state index in [0.717, 1.165) is 0 Å². The summed E-state index contributed by atoms with van der Waals surface area (Å²) in [6, 6.07) is 11.1. The third-order valence-corrected chi connectivity index (χ3v) is 3.13. The van der Waals surface area contributed by atoms with Crippen molar-refractivity contribution in [1.29, 1.82) is 0 Å². The molecule has 0 aliphatic rings. The Balaban J connectivity index is 1.89. The van der Waals surface area contributed by atoms with Gasteiger partial charge in [0.15, 0.2) is 0 Å². The van der Waals surface area contributed by atoms with Crippen LogP contribution in [0.3, 0.4) is 0 Å². The summed E-state index contributed by atoms with van der Waals surface area (Å²) in [5.74, 6) is -1.34. The Kier molecular flexibility index (Phi) is 3.49. The molecule has 2 aromatic carbocycles. The van der Waals surface area contributed by atoms with Crippen LogP contribution in [0.5, 0.6) is 0 Å². The largest absolute Gasteiger partial charge is 0.478 e. The van der Waals surface area contributed by atoms with Crippen LogP contribution in [0, 0.1) is 0 Å². The van der Waals surface area contributed by atoms with E-state index in [4.69, 9.17) is 5.11 Å². The number of aromatic nitrogens is 2. The predicted molar refractivity (Wildman–Crippen MR) is 80.9 cm³/mol. The number of fused-ring (bicyclic) bond motifs is 1. The zero-order valence-electron chi connectivity index (χ0n) is 11.4. The number of benzene rings is 2. The maximum Gasteiger partial charge on any atom is 0.335 e. The zero-order valence-corrected chi connectivity index (χ0v) is 11.4. The Morgan fingerprint density at radius 2 is 1.68 bits per heavy atom. The van der Waals surface area contributed by atoms with Gasteiger partial charge in [-0.3, -0.25) is 14.8 Å². The third-order valence-electron chi connectivity index (χ3n) is 3.13. The summed E-state index contributed by atoms with van der Waals surface area (Å²) in [5.41, 5.74) is 2.24. The van der Waals surface area contributed by atoms with Crippen LogP contribution in [-0.4, -0.2) is 27.0 Å². The van der Waals surface area contributed by atoms with E-state index in [1.54, 1.807) is 24.4 Å². The molecule has 1 aromatic heterocycles. The van der Waals surface area contributed by atoms with E-state index in [1.165, 1.54) is 30.5 Å². The van der Waals surface area contributed by atoms with Crippen LogP contribution in [-0.2, 0) is 0 Å². The Hall–Kier alpha value is -3.28. The van der Waals surface area contributed by atoms with Gasteiger partial charge in [-0.2, -0.15) is 0 Å². The molecule has 6 nitrogen and oxygen atoms in total. The van der Waals surface area contributed by atoms with Gasteiger partial charge in [-0.25, -0.2) is 4.79 Å². The SMILES string of the molecule is O=C(O)c1ccc(NC(=O)c2cccc3nccnc23)cc1. The second kappa shape index (κ2) is 5.61. The summed E-state index contributed by atoms with van der Waals surface area (Å²) < 4.78 is 0. The van der Waals surface area contributed by atoms with E-state index < -0.39 is 5.97 Å². The van der Waals surface area contributed by atoms with Crippen molar-refractivity contribution < 1.29 is 14.7 Å².